The summed E-state index contributed by atoms with van der Waals surface area (Å²) < 4.78 is 0. The molecule has 0 radical (unpaired) electrons. The van der Waals surface area contributed by atoms with Gasteiger partial charge in [-0.15, -0.1) is 0 Å². The molecule has 0 fully saturated rings. The van der Waals surface area contributed by atoms with Crippen molar-refractivity contribution in [3.05, 3.63) is 47.0 Å². The molecule has 2 heteroatoms. The van der Waals surface area contributed by atoms with E-state index in [2.05, 4.69) is 47.1 Å². The fraction of sp³-hybridized carbons (Fsp3) is 0.167. The zero-order valence-electron chi connectivity index (χ0n) is 7.80. The lowest BCUT2D eigenvalue weighted by Gasteiger charge is -2.08. The summed E-state index contributed by atoms with van der Waals surface area (Å²) in [6, 6.07) is 12.3. The first kappa shape index (κ1) is 10.0. The highest BCUT2D eigenvalue weighted by Gasteiger charge is 2.05. The lowest BCUT2D eigenvalue weighted by molar-refractivity contribution is 1.14. The molecule has 0 bridgehead atoms. The first-order chi connectivity index (χ1) is 6.68. The molecule has 0 aliphatic carbocycles. The number of benzene rings is 2. The Labute approximate surface area is 97.0 Å². The van der Waals surface area contributed by atoms with Crippen LogP contribution < -0.4 is 0 Å². The van der Waals surface area contributed by atoms with E-state index in [1.54, 1.807) is 0 Å². The van der Waals surface area contributed by atoms with Gasteiger partial charge in [-0.3, -0.25) is 0 Å². The molecule has 2 rings (SSSR count). The molecule has 0 spiro atoms. The minimum atomic E-state index is 0.352. The molecule has 1 atom stereocenters. The molecule has 0 aliphatic heterocycles. The number of hydrogen-bond acceptors (Lipinski definition) is 0. The monoisotopic (exact) mass is 268 g/mol. The van der Waals surface area contributed by atoms with Gasteiger partial charge in [0.2, 0.25) is 0 Å². The van der Waals surface area contributed by atoms with Crippen molar-refractivity contribution in [2.75, 3.05) is 0 Å². The number of alkyl halides is 1. The highest BCUT2D eigenvalue weighted by Crippen LogP contribution is 2.30. The Balaban J connectivity index is 2.77. The van der Waals surface area contributed by atoms with Crippen molar-refractivity contribution in [2.24, 2.45) is 0 Å². The molecule has 14 heavy (non-hydrogen) atoms. The highest BCUT2D eigenvalue weighted by atomic mass is 79.9. The Morgan fingerprint density at radius 1 is 1.21 bits per heavy atom. The van der Waals surface area contributed by atoms with Gasteiger partial charge in [-0.25, -0.2) is 0 Å². The minimum Gasteiger partial charge on any atom is -0.0843 e. The predicted molar refractivity (Wildman–Crippen MR) is 66.3 cm³/mol. The van der Waals surface area contributed by atoms with Crippen LogP contribution in [0, 0.1) is 0 Å². The summed E-state index contributed by atoms with van der Waals surface area (Å²) in [4.78, 5) is 0.352. The summed E-state index contributed by atoms with van der Waals surface area (Å²) >= 11 is 9.57. The first-order valence-corrected chi connectivity index (χ1v) is 5.80. The van der Waals surface area contributed by atoms with E-state index in [4.69, 9.17) is 11.6 Å². The van der Waals surface area contributed by atoms with Gasteiger partial charge in [-0.2, -0.15) is 0 Å². The van der Waals surface area contributed by atoms with Crippen LogP contribution >= 0.6 is 27.5 Å². The number of rotatable bonds is 1. The average molecular weight is 270 g/mol. The predicted octanol–water partition coefficient (Wildman–Crippen LogP) is 4.95. The van der Waals surface area contributed by atoms with E-state index in [-0.39, 0.29) is 0 Å². The van der Waals surface area contributed by atoms with Crippen LogP contribution in [0.2, 0.25) is 5.02 Å². The molecule has 2 aromatic rings. The van der Waals surface area contributed by atoms with Gasteiger partial charge in [0.25, 0.3) is 0 Å². The van der Waals surface area contributed by atoms with Crippen LogP contribution in [-0.4, -0.2) is 0 Å². The molecule has 0 saturated heterocycles. The Morgan fingerprint density at radius 2 is 2.00 bits per heavy atom. The molecule has 0 N–H and O–H groups in total. The molecule has 72 valence electrons. The third-order valence-corrected chi connectivity index (χ3v) is 3.03. The SMILES string of the molecule is CC(Br)c1cccc2ccc(Cl)cc12. The van der Waals surface area contributed by atoms with Crippen molar-refractivity contribution in [1.82, 2.24) is 0 Å². The molecular weight excluding hydrogens is 259 g/mol. The number of hydrogen-bond donors (Lipinski definition) is 0. The fourth-order valence-electron chi connectivity index (χ4n) is 1.62. The van der Waals surface area contributed by atoms with Crippen LogP contribution in [0.25, 0.3) is 10.8 Å². The third-order valence-electron chi connectivity index (χ3n) is 2.31. The minimum absolute atomic E-state index is 0.352. The number of fused-ring (bicyclic) bond motifs is 1. The second-order valence-electron chi connectivity index (χ2n) is 3.33. The van der Waals surface area contributed by atoms with Crippen molar-refractivity contribution in [1.29, 1.82) is 0 Å². The Hall–Kier alpha value is -0.530. The van der Waals surface area contributed by atoms with Gasteiger partial charge in [0.15, 0.2) is 0 Å². The van der Waals surface area contributed by atoms with Crippen molar-refractivity contribution in [3.8, 4) is 0 Å². The lowest BCUT2D eigenvalue weighted by atomic mass is 10.0. The molecule has 0 nitrogen and oxygen atoms in total. The fourth-order valence-corrected chi connectivity index (χ4v) is 2.19. The Morgan fingerprint density at radius 3 is 2.71 bits per heavy atom. The largest absolute Gasteiger partial charge is 0.0843 e. The average Bonchev–Trinajstić information content (AvgIpc) is 2.16. The van der Waals surface area contributed by atoms with Gasteiger partial charge < -0.3 is 0 Å². The smallest absolute Gasteiger partial charge is 0.0412 e. The maximum Gasteiger partial charge on any atom is 0.0412 e. The maximum atomic E-state index is 5.98. The number of halogens is 2. The van der Waals surface area contributed by atoms with Crippen LogP contribution in [0.4, 0.5) is 0 Å². The molecular formula is C12H10BrCl. The lowest BCUT2D eigenvalue weighted by Crippen LogP contribution is -1.85. The van der Waals surface area contributed by atoms with E-state index in [0.717, 1.165) is 5.02 Å². The van der Waals surface area contributed by atoms with E-state index < -0.39 is 0 Å². The molecule has 0 amide bonds. The Kier molecular flexibility index (Phi) is 2.80. The van der Waals surface area contributed by atoms with Gasteiger partial charge in [-0.05, 0) is 35.4 Å². The van der Waals surface area contributed by atoms with Gasteiger partial charge in [0, 0.05) is 9.85 Å². The van der Waals surface area contributed by atoms with Crippen molar-refractivity contribution < 1.29 is 0 Å². The van der Waals surface area contributed by atoms with Gasteiger partial charge in [-0.1, -0.05) is 51.8 Å². The van der Waals surface area contributed by atoms with E-state index >= 15 is 0 Å². The second kappa shape index (κ2) is 3.92. The zero-order valence-corrected chi connectivity index (χ0v) is 10.1. The summed E-state index contributed by atoms with van der Waals surface area (Å²) in [6.45, 7) is 2.12. The highest BCUT2D eigenvalue weighted by molar-refractivity contribution is 9.09. The van der Waals surface area contributed by atoms with E-state index in [9.17, 15) is 0 Å². The second-order valence-corrected chi connectivity index (χ2v) is 5.14. The normalized spacial score (nSPS) is 13.1. The van der Waals surface area contributed by atoms with E-state index in [1.165, 1.54) is 16.3 Å². The van der Waals surface area contributed by atoms with Crippen LogP contribution in [0.1, 0.15) is 17.3 Å². The summed E-state index contributed by atoms with van der Waals surface area (Å²) in [5.74, 6) is 0. The van der Waals surface area contributed by atoms with Crippen LogP contribution in [0.3, 0.4) is 0 Å². The van der Waals surface area contributed by atoms with Gasteiger partial charge in [0.05, 0.1) is 0 Å². The Bertz CT molecular complexity index is 463. The van der Waals surface area contributed by atoms with Crippen molar-refractivity contribution >= 4 is 38.3 Å². The maximum absolute atomic E-state index is 5.98. The first-order valence-electron chi connectivity index (χ1n) is 4.51. The van der Waals surface area contributed by atoms with E-state index in [1.807, 2.05) is 12.1 Å². The molecule has 2 aromatic carbocycles. The summed E-state index contributed by atoms with van der Waals surface area (Å²) in [6.07, 6.45) is 0. The van der Waals surface area contributed by atoms with Crippen molar-refractivity contribution in [3.63, 3.8) is 0 Å². The topological polar surface area (TPSA) is 0 Å². The van der Waals surface area contributed by atoms with Crippen LogP contribution in [0.15, 0.2) is 36.4 Å². The zero-order chi connectivity index (χ0) is 10.1. The summed E-state index contributed by atoms with van der Waals surface area (Å²) in [7, 11) is 0. The summed E-state index contributed by atoms with van der Waals surface area (Å²) in [5.41, 5.74) is 1.28. The van der Waals surface area contributed by atoms with E-state index in [0.29, 0.717) is 4.83 Å². The van der Waals surface area contributed by atoms with Crippen LogP contribution in [0.5, 0.6) is 0 Å². The summed E-state index contributed by atoms with van der Waals surface area (Å²) in [5, 5.41) is 3.25. The standard InChI is InChI=1S/C12H10BrCl/c1-8(13)11-4-2-3-9-5-6-10(14)7-12(9)11/h2-8H,1H3. The molecule has 0 heterocycles. The van der Waals surface area contributed by atoms with Gasteiger partial charge >= 0.3 is 0 Å². The molecule has 1 unspecified atom stereocenters. The molecule has 0 aliphatic rings. The van der Waals surface area contributed by atoms with Crippen molar-refractivity contribution in [2.45, 2.75) is 11.8 Å². The third kappa shape index (κ3) is 1.79. The quantitative estimate of drug-likeness (QED) is 0.643. The van der Waals surface area contributed by atoms with Crippen LogP contribution in [-0.2, 0) is 0 Å². The molecule has 0 saturated carbocycles. The molecule has 0 aromatic heterocycles. The van der Waals surface area contributed by atoms with Gasteiger partial charge in [0.1, 0.15) is 0 Å².